The Bertz CT molecular complexity index is 1110. The molecule has 0 aliphatic heterocycles. The summed E-state index contributed by atoms with van der Waals surface area (Å²) < 4.78 is 11.9. The Morgan fingerprint density at radius 2 is 2.04 bits per heavy atom. The summed E-state index contributed by atoms with van der Waals surface area (Å²) in [6, 6.07) is 14.8. The molecule has 0 saturated heterocycles. The van der Waals surface area contributed by atoms with Crippen molar-refractivity contribution in [3.8, 4) is 28.5 Å². The standard InChI is InChI=1S/C18H15ClN6O2S/c1-26-12-6-4-5-11(9-12)16-21-15(27-24-16)10-28-18-23-22-17(25(18)20)13-7-2-3-8-14(13)19/h2-9H,10,20H2,1H3. The molecule has 2 aromatic carbocycles. The average Bonchev–Trinajstić information content (AvgIpc) is 3.34. The second kappa shape index (κ2) is 7.91. The highest BCUT2D eigenvalue weighted by Crippen LogP contribution is 2.29. The third-order valence-corrected chi connectivity index (χ3v) is 5.16. The van der Waals surface area contributed by atoms with Gasteiger partial charge < -0.3 is 15.1 Å². The molecule has 28 heavy (non-hydrogen) atoms. The van der Waals surface area contributed by atoms with Gasteiger partial charge in [-0.2, -0.15) is 4.98 Å². The van der Waals surface area contributed by atoms with Crippen molar-refractivity contribution in [1.29, 1.82) is 0 Å². The molecule has 4 aromatic rings. The fourth-order valence-electron chi connectivity index (χ4n) is 2.52. The van der Waals surface area contributed by atoms with Gasteiger partial charge in [0.2, 0.25) is 16.9 Å². The first-order valence-electron chi connectivity index (χ1n) is 8.21. The number of nitrogen functional groups attached to an aromatic ring is 1. The van der Waals surface area contributed by atoms with Gasteiger partial charge in [0.05, 0.1) is 17.9 Å². The molecule has 0 aliphatic carbocycles. The van der Waals surface area contributed by atoms with Crippen LogP contribution in [0.25, 0.3) is 22.8 Å². The van der Waals surface area contributed by atoms with E-state index in [-0.39, 0.29) is 0 Å². The van der Waals surface area contributed by atoms with Crippen LogP contribution < -0.4 is 10.6 Å². The van der Waals surface area contributed by atoms with Crippen molar-refractivity contribution in [1.82, 2.24) is 25.0 Å². The van der Waals surface area contributed by atoms with E-state index < -0.39 is 0 Å². The normalized spacial score (nSPS) is 10.9. The highest BCUT2D eigenvalue weighted by molar-refractivity contribution is 7.98. The molecule has 0 radical (unpaired) electrons. The van der Waals surface area contributed by atoms with Crippen LogP contribution in [0.2, 0.25) is 5.02 Å². The number of aromatic nitrogens is 5. The molecule has 2 aromatic heterocycles. The quantitative estimate of drug-likeness (QED) is 0.376. The number of nitrogens with zero attached hydrogens (tertiary/aromatic N) is 5. The van der Waals surface area contributed by atoms with Gasteiger partial charge in [-0.1, -0.05) is 52.8 Å². The van der Waals surface area contributed by atoms with E-state index in [9.17, 15) is 0 Å². The highest BCUT2D eigenvalue weighted by atomic mass is 35.5. The summed E-state index contributed by atoms with van der Waals surface area (Å²) in [5, 5.41) is 13.3. The molecule has 0 unspecified atom stereocenters. The molecule has 142 valence electrons. The van der Waals surface area contributed by atoms with E-state index in [0.717, 1.165) is 11.3 Å². The van der Waals surface area contributed by atoms with Crippen LogP contribution in [-0.2, 0) is 5.75 Å². The number of methoxy groups -OCH3 is 1. The molecule has 0 bridgehead atoms. The Morgan fingerprint density at radius 3 is 2.86 bits per heavy atom. The van der Waals surface area contributed by atoms with Crippen LogP contribution in [-0.4, -0.2) is 32.1 Å². The zero-order valence-electron chi connectivity index (χ0n) is 14.7. The Hall–Kier alpha value is -3.04. The minimum atomic E-state index is 0.398. The van der Waals surface area contributed by atoms with Crippen molar-refractivity contribution in [2.75, 3.05) is 13.0 Å². The molecule has 4 rings (SSSR count). The fraction of sp³-hybridized carbons (Fsp3) is 0.111. The Balaban J connectivity index is 1.49. The van der Waals surface area contributed by atoms with E-state index in [0.29, 0.717) is 39.0 Å². The van der Waals surface area contributed by atoms with Crippen LogP contribution in [0.1, 0.15) is 5.89 Å². The number of benzene rings is 2. The number of hydrogen-bond acceptors (Lipinski definition) is 8. The van der Waals surface area contributed by atoms with Crippen molar-refractivity contribution >= 4 is 23.4 Å². The van der Waals surface area contributed by atoms with Gasteiger partial charge in [-0.3, -0.25) is 0 Å². The minimum absolute atomic E-state index is 0.398. The maximum Gasteiger partial charge on any atom is 0.237 e. The van der Waals surface area contributed by atoms with Gasteiger partial charge in [0.15, 0.2) is 5.82 Å². The van der Waals surface area contributed by atoms with E-state index in [2.05, 4.69) is 20.3 Å². The van der Waals surface area contributed by atoms with Gasteiger partial charge in [0, 0.05) is 11.1 Å². The lowest BCUT2D eigenvalue weighted by Crippen LogP contribution is -2.11. The molecular weight excluding hydrogens is 400 g/mol. The first kappa shape index (κ1) is 18.3. The van der Waals surface area contributed by atoms with E-state index in [4.69, 9.17) is 26.7 Å². The maximum absolute atomic E-state index is 6.21. The summed E-state index contributed by atoms with van der Waals surface area (Å²) in [6.07, 6.45) is 0. The van der Waals surface area contributed by atoms with Crippen molar-refractivity contribution in [2.45, 2.75) is 10.9 Å². The van der Waals surface area contributed by atoms with Gasteiger partial charge in [0.1, 0.15) is 5.75 Å². The van der Waals surface area contributed by atoms with E-state index in [1.165, 1.54) is 16.4 Å². The number of nitrogens with two attached hydrogens (primary N) is 1. The first-order chi connectivity index (χ1) is 13.7. The molecule has 0 saturated carbocycles. The zero-order valence-corrected chi connectivity index (χ0v) is 16.3. The molecule has 0 amide bonds. The number of halogens is 1. The first-order valence-corrected chi connectivity index (χ1v) is 9.57. The molecule has 8 nitrogen and oxygen atoms in total. The minimum Gasteiger partial charge on any atom is -0.497 e. The number of hydrogen-bond donors (Lipinski definition) is 1. The van der Waals surface area contributed by atoms with Crippen molar-refractivity contribution in [3.05, 3.63) is 59.4 Å². The number of ether oxygens (including phenoxy) is 1. The largest absolute Gasteiger partial charge is 0.497 e. The molecule has 0 spiro atoms. The fourth-order valence-corrected chi connectivity index (χ4v) is 3.44. The zero-order chi connectivity index (χ0) is 19.5. The highest BCUT2D eigenvalue weighted by Gasteiger charge is 2.16. The lowest BCUT2D eigenvalue weighted by Gasteiger charge is -2.04. The summed E-state index contributed by atoms with van der Waals surface area (Å²) in [5.41, 5.74) is 1.52. The van der Waals surface area contributed by atoms with E-state index in [1.807, 2.05) is 42.5 Å². The lowest BCUT2D eigenvalue weighted by molar-refractivity contribution is 0.391. The van der Waals surface area contributed by atoms with Crippen LogP contribution in [0.15, 0.2) is 58.2 Å². The van der Waals surface area contributed by atoms with Crippen LogP contribution in [0, 0.1) is 0 Å². The predicted octanol–water partition coefficient (Wildman–Crippen LogP) is 3.66. The second-order valence-electron chi connectivity index (χ2n) is 5.69. The van der Waals surface area contributed by atoms with Gasteiger partial charge in [-0.25, -0.2) is 4.68 Å². The van der Waals surface area contributed by atoms with Gasteiger partial charge in [-0.15, -0.1) is 10.2 Å². The Morgan fingerprint density at radius 1 is 1.18 bits per heavy atom. The molecule has 2 N–H and O–H groups in total. The van der Waals surface area contributed by atoms with Crippen molar-refractivity contribution < 1.29 is 9.26 Å². The summed E-state index contributed by atoms with van der Waals surface area (Å²) in [4.78, 5) is 4.41. The van der Waals surface area contributed by atoms with Crippen LogP contribution in [0.4, 0.5) is 0 Å². The monoisotopic (exact) mass is 414 g/mol. The topological polar surface area (TPSA) is 105 Å². The molecule has 0 fully saturated rings. The summed E-state index contributed by atoms with van der Waals surface area (Å²) in [6.45, 7) is 0. The third-order valence-electron chi connectivity index (χ3n) is 3.90. The second-order valence-corrected chi connectivity index (χ2v) is 7.04. The maximum atomic E-state index is 6.21. The summed E-state index contributed by atoms with van der Waals surface area (Å²) in [5.74, 6) is 8.67. The van der Waals surface area contributed by atoms with Crippen LogP contribution in [0.3, 0.4) is 0 Å². The molecule has 2 heterocycles. The molecule has 10 heteroatoms. The Kier molecular flexibility index (Phi) is 5.18. The van der Waals surface area contributed by atoms with Crippen molar-refractivity contribution in [3.63, 3.8) is 0 Å². The molecular formula is C18H15ClN6O2S. The molecule has 0 aliphatic rings. The number of rotatable bonds is 6. The van der Waals surface area contributed by atoms with Gasteiger partial charge in [-0.05, 0) is 24.3 Å². The smallest absolute Gasteiger partial charge is 0.237 e. The summed E-state index contributed by atoms with van der Waals surface area (Å²) in [7, 11) is 1.61. The van der Waals surface area contributed by atoms with E-state index >= 15 is 0 Å². The lowest BCUT2D eigenvalue weighted by atomic mass is 10.2. The third kappa shape index (κ3) is 3.67. The van der Waals surface area contributed by atoms with E-state index in [1.54, 1.807) is 13.2 Å². The van der Waals surface area contributed by atoms with Crippen LogP contribution in [0.5, 0.6) is 5.75 Å². The van der Waals surface area contributed by atoms with Gasteiger partial charge in [0.25, 0.3) is 0 Å². The average molecular weight is 415 g/mol. The molecule has 0 atom stereocenters. The van der Waals surface area contributed by atoms with Gasteiger partial charge >= 0.3 is 0 Å². The van der Waals surface area contributed by atoms with Crippen molar-refractivity contribution in [2.24, 2.45) is 0 Å². The summed E-state index contributed by atoms with van der Waals surface area (Å²) >= 11 is 7.55. The van der Waals surface area contributed by atoms with Crippen LogP contribution >= 0.6 is 23.4 Å². The Labute approximate surface area is 169 Å². The number of thioether (sulfide) groups is 1. The predicted molar refractivity (Wildman–Crippen MR) is 106 cm³/mol. The SMILES string of the molecule is COc1cccc(-c2noc(CSc3nnc(-c4ccccc4Cl)n3N)n2)c1.